The number of aliphatic hydroxyl groups is 1. The standard InChI is InChI=1S/C14H24N4O3/c1-9(2)17-14(13(18(20)21)10(3)15-17)16-7-5-12(6-8-16)11(4)19/h9,11-12,19H,5-8H2,1-4H3. The van der Waals surface area contributed by atoms with E-state index in [2.05, 4.69) is 5.10 Å². The molecule has 118 valence electrons. The first-order chi connectivity index (χ1) is 9.82. The Labute approximate surface area is 124 Å². The Morgan fingerprint density at radius 1 is 1.33 bits per heavy atom. The summed E-state index contributed by atoms with van der Waals surface area (Å²) in [5, 5.41) is 25.4. The molecular formula is C14H24N4O3. The van der Waals surface area contributed by atoms with Gasteiger partial charge in [0.25, 0.3) is 0 Å². The van der Waals surface area contributed by atoms with E-state index in [-0.39, 0.29) is 28.7 Å². The van der Waals surface area contributed by atoms with Gasteiger partial charge in [-0.15, -0.1) is 0 Å². The first kappa shape index (κ1) is 15.8. The van der Waals surface area contributed by atoms with Crippen LogP contribution < -0.4 is 4.90 Å². The highest BCUT2D eigenvalue weighted by atomic mass is 16.6. The van der Waals surface area contributed by atoms with Crippen molar-refractivity contribution >= 4 is 11.5 Å². The number of nitro groups is 1. The number of aliphatic hydroxyl groups excluding tert-OH is 1. The van der Waals surface area contributed by atoms with Gasteiger partial charge in [-0.3, -0.25) is 10.1 Å². The van der Waals surface area contributed by atoms with Crippen molar-refractivity contribution in [2.24, 2.45) is 5.92 Å². The van der Waals surface area contributed by atoms with E-state index < -0.39 is 0 Å². The van der Waals surface area contributed by atoms with Crippen LogP contribution in [-0.2, 0) is 0 Å². The largest absolute Gasteiger partial charge is 0.393 e. The van der Waals surface area contributed by atoms with E-state index in [1.54, 1.807) is 11.6 Å². The summed E-state index contributed by atoms with van der Waals surface area (Å²) in [5.74, 6) is 0.883. The molecule has 0 bridgehead atoms. The monoisotopic (exact) mass is 296 g/mol. The number of hydrogen-bond acceptors (Lipinski definition) is 5. The Bertz CT molecular complexity index is 517. The summed E-state index contributed by atoms with van der Waals surface area (Å²) in [5.41, 5.74) is 0.570. The zero-order chi connectivity index (χ0) is 15.7. The van der Waals surface area contributed by atoms with E-state index in [1.807, 2.05) is 25.7 Å². The molecule has 1 saturated heterocycles. The molecule has 1 aliphatic heterocycles. The summed E-state index contributed by atoms with van der Waals surface area (Å²) >= 11 is 0. The average Bonchev–Trinajstić information content (AvgIpc) is 2.76. The second kappa shape index (κ2) is 6.01. The number of hydrogen-bond donors (Lipinski definition) is 1. The predicted octanol–water partition coefficient (Wildman–Crippen LogP) is 2.28. The lowest BCUT2D eigenvalue weighted by Crippen LogP contribution is -2.38. The van der Waals surface area contributed by atoms with E-state index in [9.17, 15) is 15.2 Å². The molecular weight excluding hydrogens is 272 g/mol. The number of aromatic nitrogens is 2. The molecule has 7 heteroatoms. The Morgan fingerprint density at radius 3 is 2.33 bits per heavy atom. The minimum atomic E-state index is -0.336. The summed E-state index contributed by atoms with van der Waals surface area (Å²) in [6.45, 7) is 8.88. The third kappa shape index (κ3) is 3.02. The van der Waals surface area contributed by atoms with Gasteiger partial charge in [0, 0.05) is 19.1 Å². The smallest absolute Gasteiger partial charge is 0.333 e. The maximum Gasteiger partial charge on any atom is 0.333 e. The SMILES string of the molecule is Cc1nn(C(C)C)c(N2CCC(C(C)O)CC2)c1[N+](=O)[O-]. The molecule has 1 fully saturated rings. The Kier molecular flexibility index (Phi) is 4.51. The van der Waals surface area contributed by atoms with Gasteiger partial charge in [0.15, 0.2) is 0 Å². The minimum absolute atomic E-state index is 0.0712. The molecule has 0 aliphatic carbocycles. The molecule has 0 amide bonds. The average molecular weight is 296 g/mol. The van der Waals surface area contributed by atoms with Crippen molar-refractivity contribution in [1.29, 1.82) is 0 Å². The van der Waals surface area contributed by atoms with Crippen LogP contribution in [-0.4, -0.2) is 39.0 Å². The lowest BCUT2D eigenvalue weighted by Gasteiger charge is -2.34. The molecule has 7 nitrogen and oxygen atoms in total. The molecule has 2 heterocycles. The van der Waals surface area contributed by atoms with Gasteiger partial charge in [-0.2, -0.15) is 5.10 Å². The van der Waals surface area contributed by atoms with Crippen molar-refractivity contribution in [1.82, 2.24) is 9.78 Å². The number of aryl methyl sites for hydroxylation is 1. The third-order valence-electron chi connectivity index (χ3n) is 4.22. The van der Waals surface area contributed by atoms with Crippen LogP contribution in [0.1, 0.15) is 45.3 Å². The Hall–Kier alpha value is -1.63. The Balaban J connectivity index is 2.33. The highest BCUT2D eigenvalue weighted by Crippen LogP contribution is 2.36. The lowest BCUT2D eigenvalue weighted by atomic mass is 9.92. The summed E-state index contributed by atoms with van der Waals surface area (Å²) in [7, 11) is 0. The topological polar surface area (TPSA) is 84.4 Å². The normalized spacial score (nSPS) is 18.3. The molecule has 1 unspecified atom stereocenters. The van der Waals surface area contributed by atoms with E-state index in [1.165, 1.54) is 0 Å². The number of anilines is 1. The van der Waals surface area contributed by atoms with Crippen LogP contribution in [0.3, 0.4) is 0 Å². The predicted molar refractivity (Wildman–Crippen MR) is 80.6 cm³/mol. The second-order valence-corrected chi connectivity index (χ2v) is 6.12. The fraction of sp³-hybridized carbons (Fsp3) is 0.786. The van der Waals surface area contributed by atoms with Crippen molar-refractivity contribution < 1.29 is 10.0 Å². The van der Waals surface area contributed by atoms with Gasteiger partial charge in [-0.05, 0) is 46.5 Å². The van der Waals surface area contributed by atoms with Crippen molar-refractivity contribution in [3.8, 4) is 0 Å². The second-order valence-electron chi connectivity index (χ2n) is 6.12. The number of rotatable bonds is 4. The van der Waals surface area contributed by atoms with E-state index in [4.69, 9.17) is 0 Å². The lowest BCUT2D eigenvalue weighted by molar-refractivity contribution is -0.384. The van der Waals surface area contributed by atoms with E-state index in [0.717, 1.165) is 12.8 Å². The molecule has 1 aromatic rings. The van der Waals surface area contributed by atoms with Crippen molar-refractivity contribution in [3.05, 3.63) is 15.8 Å². The fourth-order valence-corrected chi connectivity index (χ4v) is 2.99. The molecule has 0 saturated carbocycles. The molecule has 0 aromatic carbocycles. The zero-order valence-electron chi connectivity index (χ0n) is 13.1. The molecule has 0 spiro atoms. The highest BCUT2D eigenvalue weighted by molar-refractivity contribution is 5.61. The summed E-state index contributed by atoms with van der Waals surface area (Å²) in [6, 6.07) is 0.0712. The van der Waals surface area contributed by atoms with Crippen LogP contribution in [0.5, 0.6) is 0 Å². The summed E-state index contributed by atoms with van der Waals surface area (Å²) in [6.07, 6.45) is 1.37. The first-order valence-corrected chi connectivity index (χ1v) is 7.49. The van der Waals surface area contributed by atoms with Gasteiger partial charge < -0.3 is 10.0 Å². The van der Waals surface area contributed by atoms with Crippen LogP contribution in [0.25, 0.3) is 0 Å². The van der Waals surface area contributed by atoms with Gasteiger partial charge in [0.05, 0.1) is 11.0 Å². The zero-order valence-corrected chi connectivity index (χ0v) is 13.1. The van der Waals surface area contributed by atoms with E-state index in [0.29, 0.717) is 24.6 Å². The van der Waals surface area contributed by atoms with E-state index >= 15 is 0 Å². The molecule has 0 radical (unpaired) electrons. The van der Waals surface area contributed by atoms with Gasteiger partial charge in [0.2, 0.25) is 5.82 Å². The van der Waals surface area contributed by atoms with Crippen molar-refractivity contribution in [2.75, 3.05) is 18.0 Å². The van der Waals surface area contributed by atoms with Gasteiger partial charge in [-0.25, -0.2) is 4.68 Å². The quantitative estimate of drug-likeness (QED) is 0.680. The van der Waals surface area contributed by atoms with Gasteiger partial charge in [-0.1, -0.05) is 0 Å². The molecule has 21 heavy (non-hydrogen) atoms. The van der Waals surface area contributed by atoms with Crippen molar-refractivity contribution in [3.63, 3.8) is 0 Å². The summed E-state index contributed by atoms with van der Waals surface area (Å²) < 4.78 is 1.75. The van der Waals surface area contributed by atoms with Crippen LogP contribution in [0.15, 0.2) is 0 Å². The molecule has 1 aromatic heterocycles. The highest BCUT2D eigenvalue weighted by Gasteiger charge is 2.33. The molecule has 1 atom stereocenters. The van der Waals surface area contributed by atoms with Gasteiger partial charge >= 0.3 is 5.69 Å². The molecule has 1 N–H and O–H groups in total. The molecule has 2 rings (SSSR count). The summed E-state index contributed by atoms with van der Waals surface area (Å²) in [4.78, 5) is 13.1. The maximum absolute atomic E-state index is 11.4. The van der Waals surface area contributed by atoms with Crippen molar-refractivity contribution in [2.45, 2.75) is 52.7 Å². The third-order valence-corrected chi connectivity index (χ3v) is 4.22. The maximum atomic E-state index is 11.4. The molecule has 1 aliphatic rings. The van der Waals surface area contributed by atoms with Crippen LogP contribution in [0.2, 0.25) is 0 Å². The minimum Gasteiger partial charge on any atom is -0.393 e. The number of nitrogens with zero attached hydrogens (tertiary/aromatic N) is 4. The van der Waals surface area contributed by atoms with Crippen LogP contribution in [0.4, 0.5) is 11.5 Å². The van der Waals surface area contributed by atoms with Crippen LogP contribution >= 0.6 is 0 Å². The van der Waals surface area contributed by atoms with Crippen LogP contribution in [0, 0.1) is 23.0 Å². The number of piperidine rings is 1. The fourth-order valence-electron chi connectivity index (χ4n) is 2.99. The first-order valence-electron chi connectivity index (χ1n) is 7.49. The Morgan fingerprint density at radius 2 is 1.90 bits per heavy atom. The van der Waals surface area contributed by atoms with Gasteiger partial charge in [0.1, 0.15) is 5.69 Å².